The van der Waals surface area contributed by atoms with Gasteiger partial charge in [0.25, 0.3) is 0 Å². The Balaban J connectivity index is 1.69. The molecule has 1 atom stereocenters. The fourth-order valence-electron chi connectivity index (χ4n) is 3.56. The Kier molecular flexibility index (Phi) is 8.96. The van der Waals surface area contributed by atoms with Crippen molar-refractivity contribution in [2.75, 3.05) is 39.6 Å². The highest BCUT2D eigenvalue weighted by molar-refractivity contribution is 7.99. The Morgan fingerprint density at radius 3 is 2.48 bits per heavy atom. The van der Waals surface area contributed by atoms with E-state index in [0.717, 1.165) is 10.6 Å². The molecule has 0 unspecified atom stereocenters. The first-order chi connectivity index (χ1) is 15.9. The van der Waals surface area contributed by atoms with E-state index in [-0.39, 0.29) is 36.3 Å². The molecule has 0 aliphatic carbocycles. The summed E-state index contributed by atoms with van der Waals surface area (Å²) in [6.07, 6.45) is 1.38. The van der Waals surface area contributed by atoms with Gasteiger partial charge in [-0.3, -0.25) is 9.59 Å². The number of methoxy groups -OCH3 is 2. The highest BCUT2D eigenvalue weighted by atomic mass is 32.2. The summed E-state index contributed by atoms with van der Waals surface area (Å²) in [6.45, 7) is 5.06. The van der Waals surface area contributed by atoms with Crippen LogP contribution in [-0.2, 0) is 20.9 Å². The summed E-state index contributed by atoms with van der Waals surface area (Å²) in [7, 11) is 3.20. The normalized spacial score (nSPS) is 16.6. The minimum absolute atomic E-state index is 0.0125. The van der Waals surface area contributed by atoms with Crippen molar-refractivity contribution in [3.8, 4) is 11.5 Å². The van der Waals surface area contributed by atoms with Crippen LogP contribution < -0.4 is 9.47 Å². The van der Waals surface area contributed by atoms with Crippen LogP contribution in [0.25, 0.3) is 0 Å². The van der Waals surface area contributed by atoms with Crippen LogP contribution >= 0.6 is 11.8 Å². The van der Waals surface area contributed by atoms with Gasteiger partial charge in [0.1, 0.15) is 11.5 Å². The molecule has 1 fully saturated rings. The predicted octanol–water partition coefficient (Wildman–Crippen LogP) is 2.86. The van der Waals surface area contributed by atoms with Crippen LogP contribution in [0.5, 0.6) is 11.5 Å². The van der Waals surface area contributed by atoms with Gasteiger partial charge in [-0.05, 0) is 43.7 Å². The Labute approximate surface area is 199 Å². The molecule has 178 valence electrons. The summed E-state index contributed by atoms with van der Waals surface area (Å²) in [5.41, 5.74) is 0.890. The zero-order valence-electron chi connectivity index (χ0n) is 19.5. The van der Waals surface area contributed by atoms with Gasteiger partial charge in [0, 0.05) is 31.4 Å². The third kappa shape index (κ3) is 7.10. The number of ether oxygens (including phenoxy) is 3. The van der Waals surface area contributed by atoms with Gasteiger partial charge in [0.05, 0.1) is 44.3 Å². The molecule has 0 spiro atoms. The summed E-state index contributed by atoms with van der Waals surface area (Å²) < 4.78 is 16.9. The number of rotatable bonds is 9. The second-order valence-corrected chi connectivity index (χ2v) is 9.02. The molecule has 1 aliphatic rings. The monoisotopic (exact) mass is 473 g/mol. The fraction of sp³-hybridized carbons (Fsp3) is 0.458. The van der Waals surface area contributed by atoms with Crippen LogP contribution in [-0.4, -0.2) is 78.4 Å². The molecule has 0 saturated carbocycles. The van der Waals surface area contributed by atoms with E-state index in [1.54, 1.807) is 36.3 Å². The Morgan fingerprint density at radius 1 is 1.15 bits per heavy atom. The molecular weight excluding hydrogens is 442 g/mol. The van der Waals surface area contributed by atoms with Gasteiger partial charge in [0.15, 0.2) is 0 Å². The molecule has 3 rings (SSSR count). The average molecular weight is 474 g/mol. The highest BCUT2D eigenvalue weighted by Crippen LogP contribution is 2.24. The molecule has 8 nitrogen and oxygen atoms in total. The van der Waals surface area contributed by atoms with E-state index in [4.69, 9.17) is 14.2 Å². The summed E-state index contributed by atoms with van der Waals surface area (Å²) in [5, 5.41) is 0.774. The second kappa shape index (κ2) is 11.9. The summed E-state index contributed by atoms with van der Waals surface area (Å²) in [6, 6.07) is 11.2. The molecule has 1 aromatic heterocycles. The van der Waals surface area contributed by atoms with Crippen LogP contribution in [0.2, 0.25) is 0 Å². The van der Waals surface area contributed by atoms with Crippen molar-refractivity contribution in [3.63, 3.8) is 0 Å². The number of carbonyl (C=O) groups excluding carboxylic acids is 2. The molecule has 2 heterocycles. The van der Waals surface area contributed by atoms with Crippen molar-refractivity contribution < 1.29 is 23.8 Å². The molecular formula is C24H31N3O5S. The van der Waals surface area contributed by atoms with Crippen molar-refractivity contribution >= 4 is 23.6 Å². The van der Waals surface area contributed by atoms with Crippen molar-refractivity contribution in [1.82, 2.24) is 14.8 Å². The minimum Gasteiger partial charge on any atom is -0.497 e. The molecule has 0 radical (unpaired) electrons. The molecule has 2 aromatic rings. The summed E-state index contributed by atoms with van der Waals surface area (Å²) in [5.74, 6) is 1.38. The van der Waals surface area contributed by atoms with E-state index >= 15 is 0 Å². The zero-order valence-corrected chi connectivity index (χ0v) is 20.3. The van der Waals surface area contributed by atoms with E-state index in [1.807, 2.05) is 44.2 Å². The maximum Gasteiger partial charge on any atom is 0.242 e. The lowest BCUT2D eigenvalue weighted by Gasteiger charge is -2.27. The van der Waals surface area contributed by atoms with Gasteiger partial charge in [-0.2, -0.15) is 0 Å². The first-order valence-electron chi connectivity index (χ1n) is 10.8. The zero-order chi connectivity index (χ0) is 23.8. The largest absolute Gasteiger partial charge is 0.497 e. The van der Waals surface area contributed by atoms with Crippen molar-refractivity contribution in [1.29, 1.82) is 0 Å². The van der Waals surface area contributed by atoms with Crippen molar-refractivity contribution in [2.45, 2.75) is 37.6 Å². The molecule has 2 amide bonds. The predicted molar refractivity (Wildman–Crippen MR) is 127 cm³/mol. The van der Waals surface area contributed by atoms with Gasteiger partial charge in [-0.25, -0.2) is 4.98 Å². The number of amides is 2. The topological polar surface area (TPSA) is 81.2 Å². The van der Waals surface area contributed by atoms with Crippen LogP contribution in [0.1, 0.15) is 19.4 Å². The van der Waals surface area contributed by atoms with Gasteiger partial charge in [-0.15, -0.1) is 0 Å². The number of aromatic nitrogens is 1. The highest BCUT2D eigenvalue weighted by Gasteiger charge is 2.32. The van der Waals surface area contributed by atoms with Crippen molar-refractivity contribution in [2.24, 2.45) is 0 Å². The molecule has 9 heteroatoms. The Bertz CT molecular complexity index is 919. The Hall–Kier alpha value is -2.78. The number of thioether (sulfide) groups is 1. The van der Waals surface area contributed by atoms with E-state index in [0.29, 0.717) is 31.2 Å². The number of hydrogen-bond donors (Lipinski definition) is 0. The molecule has 33 heavy (non-hydrogen) atoms. The summed E-state index contributed by atoms with van der Waals surface area (Å²) in [4.78, 5) is 33.4. The average Bonchev–Trinajstić information content (AvgIpc) is 3.00. The maximum atomic E-state index is 13.0. The lowest BCUT2D eigenvalue weighted by atomic mass is 10.2. The second-order valence-electron chi connectivity index (χ2n) is 8.02. The summed E-state index contributed by atoms with van der Waals surface area (Å²) >= 11 is 1.36. The number of nitrogens with zero attached hydrogens (tertiary/aromatic N) is 3. The first kappa shape index (κ1) is 24.9. The number of pyridine rings is 1. The van der Waals surface area contributed by atoms with Crippen LogP contribution in [0, 0.1) is 0 Å². The minimum atomic E-state index is -0.320. The van der Waals surface area contributed by atoms with E-state index in [1.165, 1.54) is 11.8 Å². The van der Waals surface area contributed by atoms with E-state index in [2.05, 4.69) is 4.98 Å². The fourth-order valence-corrected chi connectivity index (χ4v) is 4.32. The van der Waals surface area contributed by atoms with Crippen molar-refractivity contribution in [3.05, 3.63) is 48.2 Å². The lowest BCUT2D eigenvalue weighted by molar-refractivity contribution is -0.138. The van der Waals surface area contributed by atoms with E-state index in [9.17, 15) is 9.59 Å². The standard InChI is InChI=1S/C24H31N3O5S/c1-17(2)27-13-21(32-15-18-9-19(30-3)11-20(10-18)31-4)12-26(14-23(27)28)24(29)16-33-22-7-5-6-8-25-22/h5-11,17,21H,12-16H2,1-4H3/t21-/m1/s1. The maximum absolute atomic E-state index is 13.0. The van der Waals surface area contributed by atoms with Gasteiger partial charge in [0.2, 0.25) is 11.8 Å². The first-order valence-corrected chi connectivity index (χ1v) is 11.8. The van der Waals surface area contributed by atoms with Gasteiger partial charge >= 0.3 is 0 Å². The van der Waals surface area contributed by atoms with E-state index < -0.39 is 0 Å². The molecule has 1 aromatic carbocycles. The Morgan fingerprint density at radius 2 is 1.88 bits per heavy atom. The smallest absolute Gasteiger partial charge is 0.242 e. The van der Waals surface area contributed by atoms with Crippen LogP contribution in [0.15, 0.2) is 47.6 Å². The quantitative estimate of drug-likeness (QED) is 0.518. The van der Waals surface area contributed by atoms with Crippen LogP contribution in [0.4, 0.5) is 0 Å². The SMILES string of the molecule is COc1cc(CO[C@@H]2CN(C(=O)CSc3ccccn3)CC(=O)N(C(C)C)C2)cc(OC)c1. The third-order valence-electron chi connectivity index (χ3n) is 5.33. The van der Waals surface area contributed by atoms with Gasteiger partial charge in [-0.1, -0.05) is 17.8 Å². The number of hydrogen-bond acceptors (Lipinski definition) is 7. The molecule has 0 bridgehead atoms. The molecule has 0 N–H and O–H groups in total. The van der Waals surface area contributed by atoms with Crippen LogP contribution in [0.3, 0.4) is 0 Å². The number of benzene rings is 1. The number of carbonyl (C=O) groups is 2. The molecule has 1 saturated heterocycles. The van der Waals surface area contributed by atoms with Gasteiger partial charge < -0.3 is 24.0 Å². The molecule has 1 aliphatic heterocycles. The lowest BCUT2D eigenvalue weighted by Crippen LogP contribution is -2.42. The third-order valence-corrected chi connectivity index (χ3v) is 6.25.